The molecule has 17 N–H and O–H groups in total. The Morgan fingerprint density at radius 2 is 0.901 bits per heavy atom. The zero-order valence-corrected chi connectivity index (χ0v) is 57.4. The van der Waals surface area contributed by atoms with Gasteiger partial charge in [0.2, 0.25) is 6.29 Å². The van der Waals surface area contributed by atoms with E-state index in [0.717, 1.165) is 122 Å². The van der Waals surface area contributed by atoms with Crippen LogP contribution in [0.2, 0.25) is 0 Å². The second-order valence-electron chi connectivity index (χ2n) is 24.9. The number of aromatic hydroxyl groups is 4. The summed E-state index contributed by atoms with van der Waals surface area (Å²) in [6.07, 6.45) is 7.85. The van der Waals surface area contributed by atoms with E-state index in [0.29, 0.717) is 46.6 Å². The number of rotatable bonds is 20. The normalized spacial score (nSPS) is 16.3. The van der Waals surface area contributed by atoms with Crippen molar-refractivity contribution in [3.63, 3.8) is 0 Å². The molecule has 0 radical (unpaired) electrons. The molecule has 7 heterocycles. The summed E-state index contributed by atoms with van der Waals surface area (Å²) in [5, 5.41) is 99.5. The first-order valence-electron chi connectivity index (χ1n) is 32.4. The van der Waals surface area contributed by atoms with Gasteiger partial charge in [-0.05, 0) is 172 Å². The number of carboxylic acid groups (broad SMARTS) is 2. The Morgan fingerprint density at radius 1 is 0.535 bits per heavy atom. The highest BCUT2D eigenvalue weighted by Crippen LogP contribution is 2.40. The number of aldehydes is 1. The van der Waals surface area contributed by atoms with E-state index >= 15 is 0 Å². The van der Waals surface area contributed by atoms with Crippen molar-refractivity contribution in [3.05, 3.63) is 180 Å². The number of aliphatic hydroxyl groups excluding tert-OH is 4. The summed E-state index contributed by atoms with van der Waals surface area (Å²) in [4.78, 5) is 74.4. The maximum atomic E-state index is 11.2. The zero-order valence-electron chi connectivity index (χ0n) is 56.5. The maximum absolute atomic E-state index is 11.2. The van der Waals surface area contributed by atoms with E-state index < -0.39 is 50.5 Å². The minimum atomic E-state index is -4.79. The van der Waals surface area contributed by atoms with Gasteiger partial charge in [-0.15, -0.1) is 0 Å². The largest absolute Gasteiger partial charge is 0.746 e. The Balaban J connectivity index is 0.000000157. The van der Waals surface area contributed by atoms with Crippen LogP contribution in [0.3, 0.4) is 0 Å². The van der Waals surface area contributed by atoms with Gasteiger partial charge in [-0.25, -0.2) is 4.79 Å². The van der Waals surface area contributed by atoms with Crippen LogP contribution in [0.15, 0.2) is 146 Å². The number of phenolic OH excluding ortho intramolecular Hbond substituents is 4. The number of phosphoric ester groups is 1. The van der Waals surface area contributed by atoms with Gasteiger partial charge >= 0.3 is 19.8 Å². The molecule has 1 aliphatic rings. The molecule has 0 aliphatic carbocycles. The SMILES string of the molecule is CC(C)CCc1c[nH]c2cccc(OP(=O)([O-])O)c12.CN(C)CCc1c[nH]c2cccc(O)c12.CN(C)CCc1c[nH]c2cccc(O[C@@H]3O[C@H](C(=O)O)[C@@H](O)[C@H](O)[C@H]3O)c12.O=C(O)Cc1c[nH]c2cccc(O)c12.O=CCc1c[nH]c2cccc(O)c12.OCCc1c[nH]c2cccc(O)c12. The number of fused-ring (bicyclic) bond motifs is 6. The molecule has 0 bridgehead atoms. The van der Waals surface area contributed by atoms with Crippen molar-refractivity contribution in [2.75, 3.05) is 47.9 Å². The number of carboxylic acids is 2. The number of hydrogen-bond acceptors (Lipinski definition) is 18. The number of phenols is 4. The number of carbonyl (C=O) groups is 3. The molecular formula is C73H86N8O19P-. The second-order valence-corrected chi connectivity index (χ2v) is 26.0. The summed E-state index contributed by atoms with van der Waals surface area (Å²) >= 11 is 0. The van der Waals surface area contributed by atoms with Gasteiger partial charge in [-0.1, -0.05) is 50.2 Å². The molecule has 0 amide bonds. The summed E-state index contributed by atoms with van der Waals surface area (Å²) < 4.78 is 26.5. The van der Waals surface area contributed by atoms with Crippen LogP contribution in [0.4, 0.5) is 0 Å². The minimum absolute atomic E-state index is 0.0857. The fourth-order valence-corrected chi connectivity index (χ4v) is 11.9. The van der Waals surface area contributed by atoms with Crippen LogP contribution in [0, 0.1) is 5.92 Å². The lowest BCUT2D eigenvalue weighted by Gasteiger charge is -2.38. The van der Waals surface area contributed by atoms with Crippen molar-refractivity contribution >= 4 is 91.5 Å². The van der Waals surface area contributed by atoms with E-state index in [1.165, 1.54) is 11.6 Å². The molecule has 6 aromatic heterocycles. The highest BCUT2D eigenvalue weighted by atomic mass is 31.2. The molecule has 101 heavy (non-hydrogen) atoms. The number of phosphoric acid groups is 1. The number of nitrogens with zero attached hydrogens (tertiary/aromatic N) is 2. The van der Waals surface area contributed by atoms with Crippen LogP contribution >= 0.6 is 7.82 Å². The first-order chi connectivity index (χ1) is 48.2. The number of aromatic nitrogens is 6. The van der Waals surface area contributed by atoms with Crippen molar-refractivity contribution < 1.29 is 93.8 Å². The van der Waals surface area contributed by atoms with Crippen molar-refractivity contribution in [3.8, 4) is 34.5 Å². The number of nitrogens with one attached hydrogen (secondary N) is 6. The Morgan fingerprint density at radius 3 is 1.31 bits per heavy atom. The van der Waals surface area contributed by atoms with Gasteiger partial charge in [0.05, 0.1) is 6.42 Å². The van der Waals surface area contributed by atoms with Gasteiger partial charge in [0.25, 0.3) is 0 Å². The van der Waals surface area contributed by atoms with Crippen LogP contribution in [0.5, 0.6) is 34.5 Å². The summed E-state index contributed by atoms with van der Waals surface area (Å²) in [5.41, 5.74) is 10.7. The smallest absolute Gasteiger partial charge is 0.335 e. The number of aromatic amines is 6. The standard InChI is InChI=1S/C18H24N2O7.C13H18NO4P.C12H16N2O.C10H9NO3.C10H11NO2.C10H9NO2/c1-20(2)7-6-9-8-19-10-4-3-5-11(12(9)10)26-18-15(23)13(21)14(22)16(27-18)17(24)25;1-9(2)6-7-10-8-14-11-4-3-5-12(13(10)11)18-19(15,16)17;1-14(2)7-6-9-8-13-10-4-3-5-11(15)12(9)10;12-8-3-1-2-7-10(8)6(5-11-7)4-9(13)14;2*12-5-4-7-6-11-8-2-1-3-9(13)10(7)8/h3-5,8,13-16,18-19,21-23H,6-7H2,1-2H3,(H,24,25);3-5,8-9,14H,6-7H2,1-2H3,(H2,15,16,17);3-5,8,13,15H,6-7H2,1-2H3;1-3,5,11-12H,4H2,(H,13,14);1-3,6,11-13H,4-5H2;1-3,5-6,11,13H,4H2/p-1/t13-,14-,15+,16-,18+;;;;;/m0...../s1. The van der Waals surface area contributed by atoms with Crippen LogP contribution in [0.1, 0.15) is 53.6 Å². The third-order valence-electron chi connectivity index (χ3n) is 16.5. The topological polar surface area (TPSA) is 443 Å². The van der Waals surface area contributed by atoms with Crippen molar-refractivity contribution in [2.45, 2.75) is 89.5 Å². The van der Waals surface area contributed by atoms with Crippen molar-refractivity contribution in [2.24, 2.45) is 5.92 Å². The molecule has 1 unspecified atom stereocenters. The monoisotopic (exact) mass is 1410 g/mol. The fraction of sp³-hybridized carbons (Fsp3) is 0.301. The van der Waals surface area contributed by atoms with Gasteiger partial charge in [0, 0.05) is 129 Å². The molecule has 28 heteroatoms. The molecule has 538 valence electrons. The lowest BCUT2D eigenvalue weighted by molar-refractivity contribution is -0.270. The lowest BCUT2D eigenvalue weighted by Crippen LogP contribution is -2.61. The van der Waals surface area contributed by atoms with Gasteiger partial charge in [0.1, 0.15) is 59.1 Å². The highest BCUT2D eigenvalue weighted by molar-refractivity contribution is 7.45. The number of aliphatic carboxylic acids is 2. The van der Waals surface area contributed by atoms with E-state index in [9.17, 15) is 59.6 Å². The van der Waals surface area contributed by atoms with Gasteiger partial charge in [-0.3, -0.25) is 9.36 Å². The number of ether oxygens (including phenoxy) is 2. The molecule has 0 saturated carbocycles. The molecule has 1 fully saturated rings. The quantitative estimate of drug-likeness (QED) is 0.0250. The van der Waals surface area contributed by atoms with E-state index in [4.69, 9.17) is 29.7 Å². The number of carbonyl (C=O) groups excluding carboxylic acids is 1. The second kappa shape index (κ2) is 35.2. The molecular weight excluding hydrogens is 1320 g/mol. The predicted molar refractivity (Wildman–Crippen MR) is 381 cm³/mol. The highest BCUT2D eigenvalue weighted by Gasteiger charge is 2.48. The van der Waals surface area contributed by atoms with Crippen LogP contribution in [-0.2, 0) is 62.2 Å². The first-order valence-corrected chi connectivity index (χ1v) is 33.9. The van der Waals surface area contributed by atoms with Crippen LogP contribution in [0.25, 0.3) is 65.4 Å². The Bertz CT molecular complexity index is 4750. The summed E-state index contributed by atoms with van der Waals surface area (Å²) in [7, 11) is 3.25. The average Bonchev–Trinajstić information content (AvgIpc) is 1.14. The van der Waals surface area contributed by atoms with Gasteiger partial charge < -0.3 is 119 Å². The molecule has 1 saturated heterocycles. The lowest BCUT2D eigenvalue weighted by atomic mass is 9.99. The summed E-state index contributed by atoms with van der Waals surface area (Å²) in [6.45, 7) is 6.16. The number of hydrogen-bond donors (Lipinski definition) is 17. The van der Waals surface area contributed by atoms with Gasteiger partial charge in [-0.2, -0.15) is 0 Å². The third kappa shape index (κ3) is 20.1. The Labute approximate surface area is 580 Å². The average molecular weight is 1410 g/mol. The first kappa shape index (κ1) is 76.6. The Hall–Kier alpha value is -10.2. The minimum Gasteiger partial charge on any atom is -0.746 e. The molecule has 6 atom stereocenters. The molecule has 27 nitrogen and oxygen atoms in total. The fourth-order valence-electron chi connectivity index (χ4n) is 11.5. The number of benzene rings is 6. The molecule has 1 aliphatic heterocycles. The van der Waals surface area contributed by atoms with Crippen LogP contribution in [-0.4, -0.2) is 192 Å². The van der Waals surface area contributed by atoms with E-state index in [2.05, 4.69) is 67.3 Å². The number of H-pyrrole nitrogens is 6. The number of aliphatic hydroxyl groups is 4. The number of likely N-dealkylation sites (N-methyl/N-ethyl adjacent to an activating group) is 2. The van der Waals surface area contributed by atoms with E-state index in [-0.39, 0.29) is 36.0 Å². The van der Waals surface area contributed by atoms with E-state index in [1.54, 1.807) is 79.1 Å². The van der Waals surface area contributed by atoms with Crippen molar-refractivity contribution in [1.29, 1.82) is 0 Å². The Kier molecular flexibility index (Phi) is 26.7. The maximum Gasteiger partial charge on any atom is 0.335 e. The third-order valence-corrected chi connectivity index (χ3v) is 16.9. The number of aryl methyl sites for hydroxylation is 1. The zero-order chi connectivity index (χ0) is 73.2. The molecule has 12 aromatic rings. The summed E-state index contributed by atoms with van der Waals surface area (Å²) in [5.74, 6) is -0.290. The summed E-state index contributed by atoms with van der Waals surface area (Å²) in [6, 6.07) is 31.5. The van der Waals surface area contributed by atoms with E-state index in [1.807, 2.05) is 80.2 Å². The molecule has 13 rings (SSSR count). The van der Waals surface area contributed by atoms with Gasteiger partial charge in [0.15, 0.2) is 6.10 Å². The predicted octanol–water partition coefficient (Wildman–Crippen LogP) is 8.64. The van der Waals surface area contributed by atoms with Crippen molar-refractivity contribution in [1.82, 2.24) is 39.7 Å². The van der Waals surface area contributed by atoms with Crippen LogP contribution < -0.4 is 14.2 Å². The molecule has 6 aromatic carbocycles. The molecule has 0 spiro atoms.